The summed E-state index contributed by atoms with van der Waals surface area (Å²) in [4.78, 5) is 38.0. The standard InChI is InChI=1S/C63H104O6/c1-4-7-10-13-16-19-22-24-25-26-27-28-29-30-31-32-33-34-35-36-37-39-41-44-47-50-53-56-62(65)68-59-60(58-67-61(64)55-52-49-46-43-40-21-18-15-12-9-6-3)69-63(66)57-54-51-48-45-42-38-23-20-17-14-11-8-5-2/h7,10-11,14-16,18-20,23-25,27-28,30-31,33-34,60H,4-6,8-9,12-13,17,21-22,26,29,32,35-59H2,1-3H3/b10-7-,14-11-,18-15-,19-16-,23-20-,25-24-,28-27-,31-30-,34-33-. The van der Waals surface area contributed by atoms with E-state index < -0.39 is 6.10 Å². The van der Waals surface area contributed by atoms with Gasteiger partial charge in [-0.05, 0) is 116 Å². The summed E-state index contributed by atoms with van der Waals surface area (Å²) in [7, 11) is 0. The molecule has 0 saturated carbocycles. The van der Waals surface area contributed by atoms with Crippen LogP contribution in [0.3, 0.4) is 0 Å². The van der Waals surface area contributed by atoms with Crippen molar-refractivity contribution >= 4 is 17.9 Å². The van der Waals surface area contributed by atoms with Gasteiger partial charge in [0.05, 0.1) is 0 Å². The first-order valence-electron chi connectivity index (χ1n) is 28.4. The van der Waals surface area contributed by atoms with Crippen LogP contribution in [0.15, 0.2) is 109 Å². The van der Waals surface area contributed by atoms with E-state index in [0.29, 0.717) is 19.3 Å². The fourth-order valence-corrected chi connectivity index (χ4v) is 7.46. The summed E-state index contributed by atoms with van der Waals surface area (Å²) in [5.41, 5.74) is 0. The summed E-state index contributed by atoms with van der Waals surface area (Å²) in [6.45, 7) is 6.39. The summed E-state index contributed by atoms with van der Waals surface area (Å²) < 4.78 is 16.8. The van der Waals surface area contributed by atoms with Crippen molar-refractivity contribution in [2.24, 2.45) is 0 Å². The van der Waals surface area contributed by atoms with E-state index in [2.05, 4.69) is 130 Å². The zero-order valence-corrected chi connectivity index (χ0v) is 44.8. The van der Waals surface area contributed by atoms with Crippen LogP contribution < -0.4 is 0 Å². The maximum absolute atomic E-state index is 12.8. The average molecular weight is 958 g/mol. The van der Waals surface area contributed by atoms with E-state index in [1.165, 1.54) is 64.2 Å². The van der Waals surface area contributed by atoms with Gasteiger partial charge in [-0.2, -0.15) is 0 Å². The van der Waals surface area contributed by atoms with E-state index in [1.807, 2.05) is 0 Å². The molecule has 1 atom stereocenters. The van der Waals surface area contributed by atoms with Crippen molar-refractivity contribution in [1.82, 2.24) is 0 Å². The molecule has 6 nitrogen and oxygen atoms in total. The average Bonchev–Trinajstić information content (AvgIpc) is 3.35. The van der Waals surface area contributed by atoms with Crippen molar-refractivity contribution in [3.63, 3.8) is 0 Å². The molecule has 392 valence electrons. The second-order valence-electron chi connectivity index (χ2n) is 18.5. The molecule has 0 spiro atoms. The van der Waals surface area contributed by atoms with Gasteiger partial charge in [0.25, 0.3) is 0 Å². The predicted molar refractivity (Wildman–Crippen MR) is 297 cm³/mol. The number of hydrogen-bond donors (Lipinski definition) is 0. The van der Waals surface area contributed by atoms with Crippen LogP contribution in [0.25, 0.3) is 0 Å². The van der Waals surface area contributed by atoms with Crippen molar-refractivity contribution < 1.29 is 28.6 Å². The second kappa shape index (κ2) is 56.7. The highest BCUT2D eigenvalue weighted by atomic mass is 16.6. The lowest BCUT2D eigenvalue weighted by molar-refractivity contribution is -0.167. The maximum atomic E-state index is 12.8. The first-order valence-corrected chi connectivity index (χ1v) is 28.4. The Morgan fingerprint density at radius 2 is 0.594 bits per heavy atom. The highest BCUT2D eigenvalue weighted by Crippen LogP contribution is 2.14. The minimum absolute atomic E-state index is 0.0917. The Balaban J connectivity index is 4.29. The number of carbonyl (C=O) groups is 3. The van der Waals surface area contributed by atoms with Gasteiger partial charge in [0.1, 0.15) is 13.2 Å². The Morgan fingerprint density at radius 1 is 0.304 bits per heavy atom. The van der Waals surface area contributed by atoms with Crippen LogP contribution >= 0.6 is 0 Å². The highest BCUT2D eigenvalue weighted by Gasteiger charge is 2.19. The molecular formula is C63H104O6. The van der Waals surface area contributed by atoms with Crippen LogP contribution in [0.1, 0.15) is 252 Å². The number of unbranched alkanes of at least 4 members (excludes halogenated alkanes) is 21. The predicted octanol–water partition coefficient (Wildman–Crippen LogP) is 19.1. The maximum Gasteiger partial charge on any atom is 0.306 e. The molecule has 0 aliphatic heterocycles. The molecular weight excluding hydrogens is 853 g/mol. The second-order valence-corrected chi connectivity index (χ2v) is 18.5. The number of esters is 3. The third-order valence-corrected chi connectivity index (χ3v) is 11.7. The molecule has 0 aromatic heterocycles. The highest BCUT2D eigenvalue weighted by molar-refractivity contribution is 5.71. The summed E-state index contributed by atoms with van der Waals surface area (Å²) in [6, 6.07) is 0. The largest absolute Gasteiger partial charge is 0.462 e. The van der Waals surface area contributed by atoms with Gasteiger partial charge < -0.3 is 14.2 Å². The van der Waals surface area contributed by atoms with Crippen LogP contribution in [-0.4, -0.2) is 37.2 Å². The molecule has 0 aliphatic rings. The van der Waals surface area contributed by atoms with Crippen LogP contribution in [0.5, 0.6) is 0 Å². The van der Waals surface area contributed by atoms with Crippen LogP contribution in [0.4, 0.5) is 0 Å². The van der Waals surface area contributed by atoms with Crippen molar-refractivity contribution in [2.45, 2.75) is 258 Å². The smallest absolute Gasteiger partial charge is 0.306 e. The Hall–Kier alpha value is -3.93. The molecule has 0 aromatic rings. The first-order chi connectivity index (χ1) is 34.0. The number of ether oxygens (including phenoxy) is 3. The summed E-state index contributed by atoms with van der Waals surface area (Å²) in [6.07, 6.45) is 76.5. The Kier molecular flexibility index (Phi) is 53.4. The van der Waals surface area contributed by atoms with E-state index in [4.69, 9.17) is 14.2 Å². The molecule has 6 heteroatoms. The topological polar surface area (TPSA) is 78.9 Å². The minimum atomic E-state index is -0.793. The molecule has 0 rings (SSSR count). The zero-order valence-electron chi connectivity index (χ0n) is 44.8. The SMILES string of the molecule is CC/C=C\C/C=C\C/C=C\C/C=C\C/C=C\C/C=C\CCCCCCCCCCC(=O)OCC(COC(=O)CCCCCCC/C=C\CCCC)OC(=O)CCCCCCC/C=C\C/C=C\CCC. The van der Waals surface area contributed by atoms with Gasteiger partial charge >= 0.3 is 17.9 Å². The van der Waals surface area contributed by atoms with E-state index in [1.54, 1.807) is 0 Å². The Labute approximate surface area is 425 Å². The van der Waals surface area contributed by atoms with Crippen molar-refractivity contribution in [1.29, 1.82) is 0 Å². The first kappa shape index (κ1) is 65.1. The van der Waals surface area contributed by atoms with Crippen molar-refractivity contribution in [3.05, 3.63) is 109 Å². The molecule has 69 heavy (non-hydrogen) atoms. The third kappa shape index (κ3) is 54.9. The van der Waals surface area contributed by atoms with E-state index in [0.717, 1.165) is 148 Å². The van der Waals surface area contributed by atoms with Gasteiger partial charge in [-0.3, -0.25) is 14.4 Å². The number of allylic oxidation sites excluding steroid dienone is 18. The molecule has 0 N–H and O–H groups in total. The van der Waals surface area contributed by atoms with Crippen molar-refractivity contribution in [2.75, 3.05) is 13.2 Å². The molecule has 0 amide bonds. The van der Waals surface area contributed by atoms with Crippen LogP contribution in [-0.2, 0) is 28.6 Å². The fourth-order valence-electron chi connectivity index (χ4n) is 7.46. The molecule has 0 bridgehead atoms. The fraction of sp³-hybridized carbons (Fsp3) is 0.667. The van der Waals surface area contributed by atoms with Crippen LogP contribution in [0.2, 0.25) is 0 Å². The lowest BCUT2D eigenvalue weighted by Crippen LogP contribution is -2.30. The van der Waals surface area contributed by atoms with Gasteiger partial charge in [0.2, 0.25) is 0 Å². The van der Waals surface area contributed by atoms with Gasteiger partial charge in [-0.1, -0.05) is 226 Å². The minimum Gasteiger partial charge on any atom is -0.462 e. The van der Waals surface area contributed by atoms with Gasteiger partial charge in [0, 0.05) is 19.3 Å². The number of carbonyl (C=O) groups excluding carboxylic acids is 3. The normalized spacial score (nSPS) is 12.9. The Bertz CT molecular complexity index is 1420. The lowest BCUT2D eigenvalue weighted by Gasteiger charge is -2.18. The number of rotatable bonds is 50. The van der Waals surface area contributed by atoms with E-state index >= 15 is 0 Å². The molecule has 1 unspecified atom stereocenters. The molecule has 0 aromatic carbocycles. The van der Waals surface area contributed by atoms with Crippen LogP contribution in [0, 0.1) is 0 Å². The molecule has 0 aliphatic carbocycles. The number of hydrogen-bond acceptors (Lipinski definition) is 6. The van der Waals surface area contributed by atoms with Crippen molar-refractivity contribution in [3.8, 4) is 0 Å². The summed E-state index contributed by atoms with van der Waals surface area (Å²) >= 11 is 0. The van der Waals surface area contributed by atoms with E-state index in [9.17, 15) is 14.4 Å². The summed E-state index contributed by atoms with van der Waals surface area (Å²) in [5, 5.41) is 0. The lowest BCUT2D eigenvalue weighted by atomic mass is 10.1. The molecule has 0 heterocycles. The molecule has 0 saturated heterocycles. The van der Waals surface area contributed by atoms with E-state index in [-0.39, 0.29) is 31.1 Å². The van der Waals surface area contributed by atoms with Gasteiger partial charge in [0.15, 0.2) is 6.10 Å². The third-order valence-electron chi connectivity index (χ3n) is 11.7. The quantitative estimate of drug-likeness (QED) is 0.0262. The van der Waals surface area contributed by atoms with Gasteiger partial charge in [-0.15, -0.1) is 0 Å². The molecule has 0 radical (unpaired) electrons. The summed E-state index contributed by atoms with van der Waals surface area (Å²) in [5.74, 6) is -0.926. The zero-order chi connectivity index (χ0) is 50.0. The van der Waals surface area contributed by atoms with Gasteiger partial charge in [-0.25, -0.2) is 0 Å². The Morgan fingerprint density at radius 3 is 0.957 bits per heavy atom. The molecule has 0 fully saturated rings. The monoisotopic (exact) mass is 957 g/mol.